The van der Waals surface area contributed by atoms with Crippen LogP contribution in [0.5, 0.6) is 5.75 Å². The molecule has 1 heterocycles. The molecule has 0 bridgehead atoms. The second-order valence-corrected chi connectivity index (χ2v) is 9.72. The van der Waals surface area contributed by atoms with E-state index in [4.69, 9.17) is 0 Å². The summed E-state index contributed by atoms with van der Waals surface area (Å²) in [5.74, 6) is 0.264. The molecule has 1 amide bonds. The molecule has 1 aromatic heterocycles. The molecular weight excluding hydrogens is 438 g/mol. The highest BCUT2D eigenvalue weighted by Crippen LogP contribution is 2.48. The number of fused-ring (bicyclic) bond motifs is 1. The van der Waals surface area contributed by atoms with E-state index in [1.807, 2.05) is 12.1 Å². The number of hydrogen-bond acceptors (Lipinski definition) is 5. The van der Waals surface area contributed by atoms with Crippen LogP contribution in [0.15, 0.2) is 90.0 Å². The van der Waals surface area contributed by atoms with Crippen molar-refractivity contribution in [2.24, 2.45) is 5.92 Å². The standard InChI is InChI=1S/C25H21N3O4S/c29-23-5-3-4-17-14-18(9-12-20(17)23)27-25(30)22-15-21(22)16-7-10-19(11-8-16)33(31,32)28-24-6-1-2-13-26-24/h1-14,21-22,29H,15H2,(H,26,28)(H,27,30)/t21?,22-/m1/s1. The van der Waals surface area contributed by atoms with Gasteiger partial charge in [0.2, 0.25) is 5.91 Å². The maximum Gasteiger partial charge on any atom is 0.263 e. The Hall–Kier alpha value is -3.91. The van der Waals surface area contributed by atoms with Gasteiger partial charge >= 0.3 is 0 Å². The van der Waals surface area contributed by atoms with Crippen LogP contribution in [0.3, 0.4) is 0 Å². The van der Waals surface area contributed by atoms with Crippen LogP contribution < -0.4 is 10.0 Å². The number of sulfonamides is 1. The van der Waals surface area contributed by atoms with E-state index in [1.54, 1.807) is 66.7 Å². The number of hydrogen-bond donors (Lipinski definition) is 3. The van der Waals surface area contributed by atoms with Crippen LogP contribution in [0.25, 0.3) is 10.8 Å². The first-order chi connectivity index (χ1) is 15.9. The van der Waals surface area contributed by atoms with E-state index < -0.39 is 10.0 Å². The van der Waals surface area contributed by atoms with Gasteiger partial charge in [-0.25, -0.2) is 13.4 Å². The lowest BCUT2D eigenvalue weighted by atomic mass is 10.1. The maximum atomic E-state index is 12.7. The number of anilines is 2. The molecule has 0 saturated heterocycles. The molecule has 0 radical (unpaired) electrons. The minimum Gasteiger partial charge on any atom is -0.507 e. The number of nitrogens with zero attached hydrogens (tertiary/aromatic N) is 1. The van der Waals surface area contributed by atoms with Crippen LogP contribution in [0.1, 0.15) is 17.9 Å². The van der Waals surface area contributed by atoms with E-state index in [-0.39, 0.29) is 34.2 Å². The smallest absolute Gasteiger partial charge is 0.263 e. The highest BCUT2D eigenvalue weighted by atomic mass is 32.2. The van der Waals surface area contributed by atoms with Gasteiger partial charge in [-0.2, -0.15) is 0 Å². The van der Waals surface area contributed by atoms with Crippen LogP contribution in [0.4, 0.5) is 11.5 Å². The SMILES string of the molecule is O=C(Nc1ccc2c(O)cccc2c1)[C@@H]1CC1c1ccc(S(=O)(=O)Nc2ccccn2)cc1. The summed E-state index contributed by atoms with van der Waals surface area (Å²) in [4.78, 5) is 16.8. The number of nitrogens with one attached hydrogen (secondary N) is 2. The lowest BCUT2D eigenvalue weighted by Gasteiger charge is -2.09. The van der Waals surface area contributed by atoms with Crippen molar-refractivity contribution in [2.75, 3.05) is 10.0 Å². The molecule has 3 N–H and O–H groups in total. The Kier molecular flexibility index (Phi) is 5.22. The predicted molar refractivity (Wildman–Crippen MR) is 127 cm³/mol. The molecule has 1 aliphatic rings. The molecule has 3 aromatic carbocycles. The van der Waals surface area contributed by atoms with Crippen LogP contribution in [0, 0.1) is 5.92 Å². The number of pyridine rings is 1. The Balaban J connectivity index is 1.24. The largest absolute Gasteiger partial charge is 0.507 e. The van der Waals surface area contributed by atoms with Gasteiger partial charge in [-0.05, 0) is 71.8 Å². The molecule has 0 spiro atoms. The van der Waals surface area contributed by atoms with Crippen molar-refractivity contribution in [3.63, 3.8) is 0 Å². The molecule has 1 aliphatic carbocycles. The van der Waals surface area contributed by atoms with E-state index in [2.05, 4.69) is 15.0 Å². The highest BCUT2D eigenvalue weighted by Gasteiger charge is 2.44. The number of amides is 1. The fourth-order valence-corrected chi connectivity index (χ4v) is 4.95. The van der Waals surface area contributed by atoms with E-state index in [0.29, 0.717) is 12.1 Å². The average Bonchev–Trinajstić information content (AvgIpc) is 3.61. The van der Waals surface area contributed by atoms with Gasteiger partial charge in [0.15, 0.2) is 0 Å². The fraction of sp³-hybridized carbons (Fsp3) is 0.120. The maximum absolute atomic E-state index is 12.7. The van der Waals surface area contributed by atoms with Crippen molar-refractivity contribution in [3.05, 3.63) is 90.6 Å². The molecule has 4 aromatic rings. The van der Waals surface area contributed by atoms with Gasteiger partial charge in [0.1, 0.15) is 11.6 Å². The molecule has 0 aliphatic heterocycles. The Bertz CT molecular complexity index is 1440. The van der Waals surface area contributed by atoms with Crippen molar-refractivity contribution in [3.8, 4) is 5.75 Å². The van der Waals surface area contributed by atoms with Gasteiger partial charge in [0.25, 0.3) is 10.0 Å². The third-order valence-corrected chi connectivity index (χ3v) is 7.15. The summed E-state index contributed by atoms with van der Waals surface area (Å²) >= 11 is 0. The van der Waals surface area contributed by atoms with Gasteiger partial charge < -0.3 is 10.4 Å². The van der Waals surface area contributed by atoms with Crippen molar-refractivity contribution in [1.29, 1.82) is 0 Å². The summed E-state index contributed by atoms with van der Waals surface area (Å²) in [6.45, 7) is 0. The minimum absolute atomic E-state index is 0.0509. The Labute approximate surface area is 191 Å². The second-order valence-electron chi connectivity index (χ2n) is 8.04. The summed E-state index contributed by atoms with van der Waals surface area (Å²) < 4.78 is 27.6. The lowest BCUT2D eigenvalue weighted by Crippen LogP contribution is -2.15. The number of phenols is 1. The van der Waals surface area contributed by atoms with E-state index in [0.717, 1.165) is 16.3 Å². The number of benzene rings is 3. The summed E-state index contributed by atoms with van der Waals surface area (Å²) in [6.07, 6.45) is 2.22. The normalized spacial score (nSPS) is 17.5. The molecule has 8 heteroatoms. The molecule has 2 atom stereocenters. The number of phenolic OH excluding ortho intramolecular Hbond substituents is 1. The summed E-state index contributed by atoms with van der Waals surface area (Å²) in [7, 11) is -3.74. The third kappa shape index (κ3) is 4.38. The molecule has 1 unspecified atom stereocenters. The van der Waals surface area contributed by atoms with Gasteiger partial charge in [-0.1, -0.05) is 30.3 Å². The quantitative estimate of drug-likeness (QED) is 0.394. The Morgan fingerprint density at radius 2 is 1.79 bits per heavy atom. The Morgan fingerprint density at radius 3 is 2.55 bits per heavy atom. The van der Waals surface area contributed by atoms with Crippen molar-refractivity contribution >= 4 is 38.2 Å². The first-order valence-corrected chi connectivity index (χ1v) is 12.0. The van der Waals surface area contributed by atoms with E-state index in [9.17, 15) is 18.3 Å². The van der Waals surface area contributed by atoms with Crippen molar-refractivity contribution in [2.45, 2.75) is 17.2 Å². The number of carbonyl (C=O) groups excluding carboxylic acids is 1. The minimum atomic E-state index is -3.74. The lowest BCUT2D eigenvalue weighted by molar-refractivity contribution is -0.117. The number of rotatable bonds is 6. The number of aromatic nitrogens is 1. The molecule has 5 rings (SSSR count). The second kappa shape index (κ2) is 8.22. The third-order valence-electron chi connectivity index (χ3n) is 5.77. The summed E-state index contributed by atoms with van der Waals surface area (Å²) in [5.41, 5.74) is 1.60. The van der Waals surface area contributed by atoms with Crippen LogP contribution in [0.2, 0.25) is 0 Å². The molecule has 1 fully saturated rings. The van der Waals surface area contributed by atoms with Crippen molar-refractivity contribution in [1.82, 2.24) is 4.98 Å². The zero-order valence-electron chi connectivity index (χ0n) is 17.5. The molecule has 33 heavy (non-hydrogen) atoms. The molecular formula is C25H21N3O4S. The zero-order chi connectivity index (χ0) is 23.0. The van der Waals surface area contributed by atoms with Gasteiger partial charge in [0, 0.05) is 23.2 Å². The Morgan fingerprint density at radius 1 is 0.970 bits per heavy atom. The molecule has 166 valence electrons. The number of carbonyl (C=O) groups is 1. The van der Waals surface area contributed by atoms with Gasteiger partial charge in [0.05, 0.1) is 4.90 Å². The zero-order valence-corrected chi connectivity index (χ0v) is 18.3. The van der Waals surface area contributed by atoms with Crippen LogP contribution in [-0.4, -0.2) is 24.4 Å². The predicted octanol–water partition coefficient (Wildman–Crippen LogP) is 4.48. The van der Waals surface area contributed by atoms with Crippen molar-refractivity contribution < 1.29 is 18.3 Å². The first kappa shape index (κ1) is 21.0. The molecule has 7 nitrogen and oxygen atoms in total. The van der Waals surface area contributed by atoms with Crippen LogP contribution >= 0.6 is 0 Å². The highest BCUT2D eigenvalue weighted by molar-refractivity contribution is 7.92. The van der Waals surface area contributed by atoms with E-state index >= 15 is 0 Å². The average molecular weight is 460 g/mol. The topological polar surface area (TPSA) is 108 Å². The first-order valence-electron chi connectivity index (χ1n) is 10.5. The van der Waals surface area contributed by atoms with E-state index in [1.165, 1.54) is 6.20 Å². The summed E-state index contributed by atoms with van der Waals surface area (Å²) in [5, 5.41) is 14.4. The van der Waals surface area contributed by atoms with Crippen LogP contribution in [-0.2, 0) is 14.8 Å². The summed E-state index contributed by atoms with van der Waals surface area (Å²) in [6, 6.07) is 22.2. The van der Waals surface area contributed by atoms with Gasteiger partial charge in [-0.3, -0.25) is 9.52 Å². The van der Waals surface area contributed by atoms with Gasteiger partial charge in [-0.15, -0.1) is 0 Å². The monoisotopic (exact) mass is 459 g/mol. The fourth-order valence-electron chi connectivity index (χ4n) is 3.95. The number of aromatic hydroxyl groups is 1. The molecule has 1 saturated carbocycles.